The Morgan fingerprint density at radius 2 is 2.00 bits per heavy atom. The van der Waals surface area contributed by atoms with E-state index in [9.17, 15) is 23.6 Å². The molecule has 186 valence electrons. The van der Waals surface area contributed by atoms with Crippen LogP contribution in [0.2, 0.25) is 0 Å². The van der Waals surface area contributed by atoms with Crippen LogP contribution in [-0.2, 0) is 19.1 Å². The molecular weight excluding hydrogens is 455 g/mol. The van der Waals surface area contributed by atoms with Gasteiger partial charge in [-0.2, -0.15) is 0 Å². The number of benzene rings is 1. The number of likely N-dealkylation sites (tertiary alicyclic amines) is 1. The molecule has 3 aliphatic heterocycles. The third-order valence-corrected chi connectivity index (χ3v) is 6.58. The summed E-state index contributed by atoms with van der Waals surface area (Å²) in [6.07, 6.45) is 2.58. The lowest BCUT2D eigenvalue weighted by Gasteiger charge is -2.33. The smallest absolute Gasteiger partial charge is 0.322 e. The molecule has 4 amide bonds. The Morgan fingerprint density at radius 3 is 2.66 bits per heavy atom. The Kier molecular flexibility index (Phi) is 7.18. The zero-order valence-electron chi connectivity index (χ0n) is 19.7. The molecule has 1 aromatic rings. The molecule has 0 radical (unpaired) electrons. The minimum Gasteiger partial charge on any atom is -0.466 e. The van der Waals surface area contributed by atoms with Crippen LogP contribution >= 0.6 is 0 Å². The van der Waals surface area contributed by atoms with Gasteiger partial charge in [0, 0.05) is 19.6 Å². The second-order valence-corrected chi connectivity index (χ2v) is 8.77. The molecule has 9 nitrogen and oxygen atoms in total. The molecule has 1 fully saturated rings. The van der Waals surface area contributed by atoms with Gasteiger partial charge < -0.3 is 19.9 Å². The molecule has 1 aromatic carbocycles. The summed E-state index contributed by atoms with van der Waals surface area (Å²) in [4.78, 5) is 55.7. The molecule has 0 unspecified atom stereocenters. The van der Waals surface area contributed by atoms with Gasteiger partial charge >= 0.3 is 12.0 Å². The van der Waals surface area contributed by atoms with Crippen molar-refractivity contribution in [1.82, 2.24) is 20.0 Å². The SMILES string of the molecule is C=CCN1C(=O)N[C@H](c2cccc(F)c2)C2=C1CN(CC(=O)N1CCC(C(=O)OCC)CC1)C2=O. The molecule has 0 aromatic heterocycles. The highest BCUT2D eigenvalue weighted by Gasteiger charge is 2.44. The fourth-order valence-electron chi connectivity index (χ4n) is 4.82. The van der Waals surface area contributed by atoms with Crippen LogP contribution in [0.3, 0.4) is 0 Å². The number of hydrogen-bond acceptors (Lipinski definition) is 5. The molecule has 0 saturated carbocycles. The molecule has 0 spiro atoms. The predicted molar refractivity (Wildman–Crippen MR) is 124 cm³/mol. The number of hydrogen-bond donors (Lipinski definition) is 1. The van der Waals surface area contributed by atoms with Gasteiger partial charge in [-0.3, -0.25) is 19.3 Å². The fourth-order valence-corrected chi connectivity index (χ4v) is 4.82. The van der Waals surface area contributed by atoms with E-state index in [-0.39, 0.29) is 43.3 Å². The average molecular weight is 485 g/mol. The first-order valence-electron chi connectivity index (χ1n) is 11.7. The van der Waals surface area contributed by atoms with Gasteiger partial charge in [0.2, 0.25) is 5.91 Å². The molecule has 1 saturated heterocycles. The molecule has 0 aliphatic carbocycles. The van der Waals surface area contributed by atoms with E-state index in [2.05, 4.69) is 11.9 Å². The molecule has 10 heteroatoms. The molecule has 35 heavy (non-hydrogen) atoms. The van der Waals surface area contributed by atoms with E-state index >= 15 is 0 Å². The van der Waals surface area contributed by atoms with Gasteiger partial charge in [0.25, 0.3) is 5.91 Å². The summed E-state index contributed by atoms with van der Waals surface area (Å²) in [5.74, 6) is -1.54. The largest absolute Gasteiger partial charge is 0.466 e. The fraction of sp³-hybridized carbons (Fsp3) is 0.440. The van der Waals surface area contributed by atoms with Crippen molar-refractivity contribution in [3.63, 3.8) is 0 Å². The number of nitrogens with one attached hydrogen (secondary N) is 1. The Labute approximate surface area is 203 Å². The molecule has 0 bridgehead atoms. The second kappa shape index (κ2) is 10.3. The number of rotatable bonds is 7. The number of carbonyl (C=O) groups is 4. The first-order valence-corrected chi connectivity index (χ1v) is 11.7. The number of ether oxygens (including phenoxy) is 1. The predicted octanol–water partition coefficient (Wildman–Crippen LogP) is 1.98. The van der Waals surface area contributed by atoms with Gasteiger partial charge in [-0.05, 0) is 37.5 Å². The van der Waals surface area contributed by atoms with Crippen LogP contribution < -0.4 is 5.32 Å². The van der Waals surface area contributed by atoms with E-state index in [1.165, 1.54) is 28.0 Å². The number of esters is 1. The van der Waals surface area contributed by atoms with Crippen molar-refractivity contribution in [1.29, 1.82) is 0 Å². The number of amides is 4. The topological polar surface area (TPSA) is 99.3 Å². The molecule has 3 heterocycles. The minimum atomic E-state index is -0.817. The Hall–Kier alpha value is -3.69. The van der Waals surface area contributed by atoms with Crippen molar-refractivity contribution in [2.24, 2.45) is 5.92 Å². The monoisotopic (exact) mass is 484 g/mol. The Bertz CT molecular complexity index is 1080. The van der Waals surface area contributed by atoms with Crippen LogP contribution in [0.1, 0.15) is 31.4 Å². The van der Waals surface area contributed by atoms with Crippen LogP contribution in [0.5, 0.6) is 0 Å². The van der Waals surface area contributed by atoms with Crippen molar-refractivity contribution in [2.75, 3.05) is 39.3 Å². The van der Waals surface area contributed by atoms with E-state index in [1.807, 2.05) is 0 Å². The normalized spacial score (nSPS) is 20.6. The van der Waals surface area contributed by atoms with Crippen LogP contribution in [0, 0.1) is 11.7 Å². The summed E-state index contributed by atoms with van der Waals surface area (Å²) in [5.41, 5.74) is 1.26. The van der Waals surface area contributed by atoms with Crippen molar-refractivity contribution in [3.8, 4) is 0 Å². The maximum absolute atomic E-state index is 13.9. The first-order chi connectivity index (χ1) is 16.8. The van der Waals surface area contributed by atoms with Crippen molar-refractivity contribution >= 4 is 23.8 Å². The molecule has 4 rings (SSSR count). The van der Waals surface area contributed by atoms with Gasteiger partial charge in [-0.15, -0.1) is 6.58 Å². The maximum atomic E-state index is 13.9. The highest BCUT2D eigenvalue weighted by atomic mass is 19.1. The highest BCUT2D eigenvalue weighted by molar-refractivity contribution is 6.03. The van der Waals surface area contributed by atoms with Crippen molar-refractivity contribution in [3.05, 3.63) is 59.6 Å². The Morgan fingerprint density at radius 1 is 1.26 bits per heavy atom. The summed E-state index contributed by atoms with van der Waals surface area (Å²) in [6, 6.07) is 4.51. The summed E-state index contributed by atoms with van der Waals surface area (Å²) in [5, 5.41) is 2.79. The lowest BCUT2D eigenvalue weighted by Crippen LogP contribution is -2.47. The lowest BCUT2D eigenvalue weighted by molar-refractivity contribution is -0.151. The second-order valence-electron chi connectivity index (χ2n) is 8.77. The molecule has 1 atom stereocenters. The maximum Gasteiger partial charge on any atom is 0.322 e. The van der Waals surface area contributed by atoms with Crippen LogP contribution in [0.25, 0.3) is 0 Å². The minimum absolute atomic E-state index is 0.0896. The van der Waals surface area contributed by atoms with Crippen LogP contribution in [0.4, 0.5) is 9.18 Å². The van der Waals surface area contributed by atoms with Crippen LogP contribution in [-0.4, -0.2) is 77.8 Å². The van der Waals surface area contributed by atoms with Gasteiger partial charge in [-0.25, -0.2) is 9.18 Å². The molecular formula is C25H29FN4O5. The van der Waals surface area contributed by atoms with Gasteiger partial charge in [-0.1, -0.05) is 18.2 Å². The van der Waals surface area contributed by atoms with E-state index in [0.717, 1.165) is 0 Å². The summed E-state index contributed by atoms with van der Waals surface area (Å²) < 4.78 is 19.0. The third kappa shape index (κ3) is 4.91. The standard InChI is InChI=1S/C25H29FN4O5/c1-3-10-30-19-14-29(15-20(31)28-11-8-16(9-12-28)24(33)35-4-2)23(32)21(19)22(27-25(30)34)17-6-5-7-18(26)13-17/h3,5-7,13,16,22H,1,4,8-12,14-15H2,2H3,(H,27,34)/t22-/m1/s1. The summed E-state index contributed by atoms with van der Waals surface area (Å²) >= 11 is 0. The van der Waals surface area contributed by atoms with Crippen molar-refractivity contribution < 1.29 is 28.3 Å². The van der Waals surface area contributed by atoms with E-state index in [4.69, 9.17) is 4.74 Å². The van der Waals surface area contributed by atoms with Crippen LogP contribution in [0.15, 0.2) is 48.2 Å². The summed E-state index contributed by atoms with van der Waals surface area (Å²) in [7, 11) is 0. The number of nitrogens with zero attached hydrogens (tertiary/aromatic N) is 3. The molecule has 1 N–H and O–H groups in total. The average Bonchev–Trinajstić information content (AvgIpc) is 3.16. The quantitative estimate of drug-likeness (QED) is 0.471. The van der Waals surface area contributed by atoms with Crippen molar-refractivity contribution in [2.45, 2.75) is 25.8 Å². The van der Waals surface area contributed by atoms with E-state index in [0.29, 0.717) is 49.4 Å². The third-order valence-electron chi connectivity index (χ3n) is 6.58. The summed E-state index contributed by atoms with van der Waals surface area (Å²) in [6.45, 7) is 6.71. The number of halogens is 1. The molecule has 3 aliphatic rings. The Balaban J connectivity index is 1.49. The first kappa shape index (κ1) is 24.4. The number of carbonyl (C=O) groups excluding carboxylic acids is 4. The number of piperidine rings is 1. The van der Waals surface area contributed by atoms with Gasteiger partial charge in [0.15, 0.2) is 0 Å². The van der Waals surface area contributed by atoms with Gasteiger partial charge in [0.05, 0.1) is 36.4 Å². The zero-order chi connectivity index (χ0) is 25.1. The number of urea groups is 1. The zero-order valence-corrected chi connectivity index (χ0v) is 19.7. The van der Waals surface area contributed by atoms with E-state index < -0.39 is 17.9 Å². The lowest BCUT2D eigenvalue weighted by atomic mass is 9.95. The highest BCUT2D eigenvalue weighted by Crippen LogP contribution is 2.36. The van der Waals surface area contributed by atoms with Gasteiger partial charge in [0.1, 0.15) is 12.4 Å². The van der Waals surface area contributed by atoms with E-state index in [1.54, 1.807) is 24.0 Å².